The second-order valence-corrected chi connectivity index (χ2v) is 9.83. The maximum atomic E-state index is 13.4. The molecule has 0 unspecified atom stereocenters. The number of fused-ring (bicyclic) bond motifs is 1. The third-order valence-electron chi connectivity index (χ3n) is 6.27. The molecule has 1 amide bonds. The van der Waals surface area contributed by atoms with Crippen LogP contribution in [-0.4, -0.2) is 55.8 Å². The molecule has 5 rings (SSSR count). The summed E-state index contributed by atoms with van der Waals surface area (Å²) >= 11 is 1.31. The van der Waals surface area contributed by atoms with Gasteiger partial charge in [-0.1, -0.05) is 0 Å². The highest BCUT2D eigenvalue weighted by Crippen LogP contribution is 2.43. The Labute approximate surface area is 212 Å². The quantitative estimate of drug-likeness (QED) is 0.395. The van der Waals surface area contributed by atoms with Gasteiger partial charge in [0.1, 0.15) is 23.3 Å². The van der Waals surface area contributed by atoms with Crippen molar-refractivity contribution >= 4 is 40.0 Å². The normalized spacial score (nSPS) is 20.4. The average Bonchev–Trinajstić information content (AvgIpc) is 3.14. The van der Waals surface area contributed by atoms with Crippen LogP contribution in [0.15, 0.2) is 12.4 Å². The van der Waals surface area contributed by atoms with Crippen LogP contribution in [0.25, 0.3) is 0 Å². The number of rotatable bonds is 9. The van der Waals surface area contributed by atoms with Gasteiger partial charge in [0, 0.05) is 24.0 Å². The second-order valence-electron chi connectivity index (χ2n) is 8.73. The number of thiophene rings is 1. The number of amides is 1. The first kappa shape index (κ1) is 25.0. The van der Waals surface area contributed by atoms with E-state index < -0.39 is 30.6 Å². The monoisotopic (exact) mass is 539 g/mol. The number of nitrogens with zero attached hydrogens (tertiary/aromatic N) is 5. The van der Waals surface area contributed by atoms with E-state index >= 15 is 0 Å². The van der Waals surface area contributed by atoms with E-state index in [1.54, 1.807) is 24.9 Å². The Morgan fingerprint density at radius 1 is 1.35 bits per heavy atom. The maximum absolute atomic E-state index is 13.4. The molecular formula is C22H24F3N7O4S. The van der Waals surface area contributed by atoms with Gasteiger partial charge in [0.25, 0.3) is 0 Å². The van der Waals surface area contributed by atoms with Gasteiger partial charge in [-0.2, -0.15) is 8.78 Å². The van der Waals surface area contributed by atoms with E-state index in [1.807, 2.05) is 0 Å². The van der Waals surface area contributed by atoms with E-state index in [4.69, 9.17) is 4.74 Å². The molecule has 2 N–H and O–H groups in total. The SMILES string of the molecule is CCOC(=O)c1c(NC(=O)[C@H]2C[C@@H]2F)sc2c1C[C@@H](n1cnnc1Nc1cc(OC(F)F)nn1C)CC2. The number of halogens is 3. The third-order valence-corrected chi connectivity index (χ3v) is 7.48. The van der Waals surface area contributed by atoms with Gasteiger partial charge in [-0.15, -0.1) is 26.6 Å². The first-order valence-corrected chi connectivity index (χ1v) is 12.5. The fourth-order valence-corrected chi connectivity index (χ4v) is 5.61. The van der Waals surface area contributed by atoms with Crippen LogP contribution >= 0.6 is 11.3 Å². The zero-order valence-corrected chi connectivity index (χ0v) is 20.7. The number of hydrogen-bond donors (Lipinski definition) is 2. The Bertz CT molecular complexity index is 1320. The van der Waals surface area contributed by atoms with Crippen LogP contribution in [0.1, 0.15) is 46.6 Å². The fourth-order valence-electron chi connectivity index (χ4n) is 4.37. The third kappa shape index (κ3) is 5.12. The summed E-state index contributed by atoms with van der Waals surface area (Å²) in [6.07, 6.45) is 2.32. The molecule has 37 heavy (non-hydrogen) atoms. The van der Waals surface area contributed by atoms with E-state index in [2.05, 4.69) is 30.7 Å². The molecule has 0 aliphatic heterocycles. The van der Waals surface area contributed by atoms with Crippen LogP contribution in [0.4, 0.5) is 29.9 Å². The van der Waals surface area contributed by atoms with E-state index in [9.17, 15) is 22.8 Å². The highest BCUT2D eigenvalue weighted by atomic mass is 32.1. The van der Waals surface area contributed by atoms with Crippen molar-refractivity contribution in [3.05, 3.63) is 28.4 Å². The van der Waals surface area contributed by atoms with Crippen molar-refractivity contribution in [2.45, 2.75) is 51.4 Å². The minimum absolute atomic E-state index is 0.153. The number of ether oxygens (including phenoxy) is 2. The van der Waals surface area contributed by atoms with Crippen LogP contribution < -0.4 is 15.4 Å². The maximum Gasteiger partial charge on any atom is 0.388 e. The topological polar surface area (TPSA) is 125 Å². The minimum atomic E-state index is -3.00. The molecule has 0 bridgehead atoms. The number of esters is 1. The van der Waals surface area contributed by atoms with Crippen LogP contribution in [0.2, 0.25) is 0 Å². The summed E-state index contributed by atoms with van der Waals surface area (Å²) < 4.78 is 51.2. The van der Waals surface area contributed by atoms with Gasteiger partial charge in [-0.05, 0) is 38.2 Å². The van der Waals surface area contributed by atoms with Gasteiger partial charge in [0.2, 0.25) is 17.7 Å². The minimum Gasteiger partial charge on any atom is -0.462 e. The number of alkyl halides is 3. The Morgan fingerprint density at radius 2 is 2.14 bits per heavy atom. The molecule has 1 saturated carbocycles. The van der Waals surface area contributed by atoms with Gasteiger partial charge in [0.15, 0.2) is 0 Å². The van der Waals surface area contributed by atoms with Gasteiger partial charge in [-0.3, -0.25) is 9.36 Å². The first-order chi connectivity index (χ1) is 17.7. The lowest BCUT2D eigenvalue weighted by atomic mass is 9.91. The van der Waals surface area contributed by atoms with E-state index in [0.29, 0.717) is 41.6 Å². The van der Waals surface area contributed by atoms with Crippen LogP contribution in [0.3, 0.4) is 0 Å². The highest BCUT2D eigenvalue weighted by molar-refractivity contribution is 7.17. The first-order valence-electron chi connectivity index (χ1n) is 11.7. The van der Waals surface area contributed by atoms with Crippen molar-refractivity contribution in [2.75, 3.05) is 17.2 Å². The van der Waals surface area contributed by atoms with Crippen molar-refractivity contribution in [3.63, 3.8) is 0 Å². The Kier molecular flexibility index (Phi) is 6.79. The number of hydrogen-bond acceptors (Lipinski definition) is 9. The van der Waals surface area contributed by atoms with E-state index in [-0.39, 0.29) is 24.9 Å². The summed E-state index contributed by atoms with van der Waals surface area (Å²) in [5.41, 5.74) is 1.05. The summed E-state index contributed by atoms with van der Waals surface area (Å²) in [7, 11) is 1.56. The molecule has 3 aromatic heterocycles. The lowest BCUT2D eigenvalue weighted by molar-refractivity contribution is -0.117. The summed E-state index contributed by atoms with van der Waals surface area (Å²) in [5, 5.41) is 18.1. The molecule has 11 nitrogen and oxygen atoms in total. The van der Waals surface area contributed by atoms with Crippen molar-refractivity contribution in [3.8, 4) is 5.88 Å². The molecule has 3 atom stereocenters. The molecule has 0 spiro atoms. The molecule has 198 valence electrons. The number of carbonyl (C=O) groups excluding carboxylic acids is 2. The molecule has 3 heterocycles. The van der Waals surface area contributed by atoms with E-state index in [0.717, 1.165) is 10.4 Å². The zero-order chi connectivity index (χ0) is 26.3. The van der Waals surface area contributed by atoms with Crippen LogP contribution in [0.5, 0.6) is 5.88 Å². The van der Waals surface area contributed by atoms with Gasteiger partial charge in [0.05, 0.1) is 18.1 Å². The fraction of sp³-hybridized carbons (Fsp3) is 0.500. The number of nitrogens with one attached hydrogen (secondary N) is 2. The van der Waals surface area contributed by atoms with Gasteiger partial charge < -0.3 is 20.1 Å². The lowest BCUT2D eigenvalue weighted by Crippen LogP contribution is -2.21. The lowest BCUT2D eigenvalue weighted by Gasteiger charge is -2.25. The summed E-state index contributed by atoms with van der Waals surface area (Å²) in [6.45, 7) is -1.14. The number of anilines is 3. The molecule has 0 aromatic carbocycles. The zero-order valence-electron chi connectivity index (χ0n) is 19.9. The Hall–Kier alpha value is -3.62. The average molecular weight is 540 g/mol. The van der Waals surface area contributed by atoms with Crippen molar-refractivity contribution in [1.29, 1.82) is 0 Å². The molecule has 0 radical (unpaired) electrons. The largest absolute Gasteiger partial charge is 0.462 e. The summed E-state index contributed by atoms with van der Waals surface area (Å²) in [4.78, 5) is 26.2. The van der Waals surface area contributed by atoms with Crippen molar-refractivity contribution in [1.82, 2.24) is 24.5 Å². The summed E-state index contributed by atoms with van der Waals surface area (Å²) in [6, 6.07) is 1.17. The predicted octanol–water partition coefficient (Wildman–Crippen LogP) is 3.62. The smallest absolute Gasteiger partial charge is 0.388 e. The predicted molar refractivity (Wildman–Crippen MR) is 126 cm³/mol. The molecule has 15 heteroatoms. The van der Waals surface area contributed by atoms with Crippen LogP contribution in [0, 0.1) is 5.92 Å². The van der Waals surface area contributed by atoms with Crippen LogP contribution in [-0.2, 0) is 29.4 Å². The van der Waals surface area contributed by atoms with E-state index in [1.165, 1.54) is 22.1 Å². The Balaban J connectivity index is 1.39. The molecular weight excluding hydrogens is 515 g/mol. The molecule has 0 saturated heterocycles. The summed E-state index contributed by atoms with van der Waals surface area (Å²) in [5.74, 6) is -1.21. The van der Waals surface area contributed by atoms with Gasteiger partial charge >= 0.3 is 12.6 Å². The highest BCUT2D eigenvalue weighted by Gasteiger charge is 2.44. The number of aryl methyl sites for hydroxylation is 2. The number of aromatic nitrogens is 5. The molecule has 3 aromatic rings. The second kappa shape index (κ2) is 10.0. The van der Waals surface area contributed by atoms with Gasteiger partial charge in [-0.25, -0.2) is 13.9 Å². The molecule has 1 fully saturated rings. The number of carbonyl (C=O) groups is 2. The Morgan fingerprint density at radius 3 is 2.84 bits per heavy atom. The molecule has 2 aliphatic carbocycles. The van der Waals surface area contributed by atoms with Crippen molar-refractivity contribution < 1.29 is 32.2 Å². The molecule has 2 aliphatic rings. The standard InChI is InChI=1S/C22H24F3N7O4S/c1-3-35-20(34)17-12-6-10(4-5-14(12)37-19(17)28-18(33)11-7-13(11)23)32-9-26-29-22(32)27-15-8-16(30-31(15)2)36-21(24)25/h8-11,13,21H,3-7H2,1-2H3,(H,27,29)(H,28,33)/t10-,11-,13-/m0/s1. The van der Waals surface area contributed by atoms with Crippen molar-refractivity contribution in [2.24, 2.45) is 13.0 Å².